The van der Waals surface area contributed by atoms with Crippen molar-refractivity contribution in [2.45, 2.75) is 97.4 Å². The van der Waals surface area contributed by atoms with Gasteiger partial charge in [-0.15, -0.1) is 0 Å². The molecule has 1 fully saturated rings. The van der Waals surface area contributed by atoms with E-state index in [1.165, 1.54) is 11.6 Å². The van der Waals surface area contributed by atoms with E-state index in [1.807, 2.05) is 37.1 Å². The van der Waals surface area contributed by atoms with Gasteiger partial charge in [-0.25, -0.2) is 8.78 Å². The molecule has 0 N–H and O–H groups in total. The van der Waals surface area contributed by atoms with Crippen LogP contribution < -0.4 is 9.64 Å². The topological polar surface area (TPSA) is 82.3 Å². The minimum Gasteiger partial charge on any atom is -0.462 e. The van der Waals surface area contributed by atoms with Crippen LogP contribution in [0.15, 0.2) is 60.8 Å². The monoisotopic (exact) mass is 760 g/mol. The maximum atomic E-state index is 14.1. The zero-order valence-corrected chi connectivity index (χ0v) is 33.5. The number of ether oxygens (including phenoxy) is 1. The number of carbonyl (C=O) groups is 1. The number of fused-ring (bicyclic) bond motifs is 1. The Balaban J connectivity index is 1.71. The average molecular weight is 761 g/mol. The Hall–Kier alpha value is -3.65. The number of halogens is 3. The van der Waals surface area contributed by atoms with Gasteiger partial charge in [0.05, 0.1) is 24.7 Å². The van der Waals surface area contributed by atoms with Crippen molar-refractivity contribution in [2.24, 2.45) is 11.3 Å². The molecular weight excluding hydrogens is 708 g/mol. The van der Waals surface area contributed by atoms with Gasteiger partial charge in [0.15, 0.2) is 5.78 Å². The van der Waals surface area contributed by atoms with E-state index >= 15 is 0 Å². The fourth-order valence-corrected chi connectivity index (χ4v) is 7.73. The number of hydrogen-bond donors (Lipinski definition) is 0. The molecule has 2 unspecified atom stereocenters. The molecule has 53 heavy (non-hydrogen) atoms. The van der Waals surface area contributed by atoms with Crippen molar-refractivity contribution < 1.29 is 18.3 Å². The van der Waals surface area contributed by atoms with Gasteiger partial charge in [-0.2, -0.15) is 15.2 Å². The molecule has 1 saturated heterocycles. The Labute approximate surface area is 322 Å². The van der Waals surface area contributed by atoms with Crippen molar-refractivity contribution in [3.05, 3.63) is 82.7 Å². The molecule has 4 rings (SSSR count). The number of rotatable bonds is 20. The van der Waals surface area contributed by atoms with Crippen LogP contribution in [0, 0.1) is 22.7 Å². The van der Waals surface area contributed by atoms with Crippen molar-refractivity contribution in [2.75, 3.05) is 37.7 Å². The van der Waals surface area contributed by atoms with E-state index in [9.17, 15) is 18.8 Å². The smallest absolute Gasteiger partial charge is 0.318 e. The summed E-state index contributed by atoms with van der Waals surface area (Å²) in [6.07, 6.45) is 8.39. The van der Waals surface area contributed by atoms with Crippen molar-refractivity contribution >= 4 is 44.2 Å². The molecule has 2 atom stereocenters. The van der Waals surface area contributed by atoms with Crippen LogP contribution in [0.25, 0.3) is 10.8 Å². The minimum atomic E-state index is -2.69. The van der Waals surface area contributed by atoms with E-state index < -0.39 is 11.3 Å². The van der Waals surface area contributed by atoms with Gasteiger partial charge in [0.2, 0.25) is 0 Å². The normalized spacial score (nSPS) is 16.5. The highest BCUT2D eigenvalue weighted by atomic mass is 35.5. The average Bonchev–Trinajstić information content (AvgIpc) is 3.14. The molecule has 3 aromatic rings. The minimum absolute atomic E-state index is 0.0611. The van der Waals surface area contributed by atoms with Crippen molar-refractivity contribution in [3.8, 4) is 12.1 Å². The van der Waals surface area contributed by atoms with Crippen LogP contribution in [-0.4, -0.2) is 69.6 Å². The lowest BCUT2D eigenvalue weighted by molar-refractivity contribution is -0.122. The highest BCUT2D eigenvalue weighted by molar-refractivity contribution is 6.35. The van der Waals surface area contributed by atoms with Crippen molar-refractivity contribution in [1.29, 1.82) is 5.26 Å². The molecule has 2 aromatic carbocycles. The fraction of sp³-hybridized carbons (Fsp3) is 0.524. The van der Waals surface area contributed by atoms with Crippen molar-refractivity contribution in [1.82, 2.24) is 14.9 Å². The first-order valence-corrected chi connectivity index (χ1v) is 19.9. The van der Waals surface area contributed by atoms with Gasteiger partial charge in [0.25, 0.3) is 5.92 Å². The van der Waals surface area contributed by atoms with Crippen LogP contribution in [0.1, 0.15) is 83.0 Å². The van der Waals surface area contributed by atoms with E-state index in [0.29, 0.717) is 63.1 Å². The van der Waals surface area contributed by atoms with Crippen molar-refractivity contribution in [3.63, 3.8) is 0 Å². The third-order valence-corrected chi connectivity index (χ3v) is 11.5. The summed E-state index contributed by atoms with van der Waals surface area (Å²) < 4.78 is 34.3. The predicted octanol–water partition coefficient (Wildman–Crippen LogP) is 9.52. The van der Waals surface area contributed by atoms with Crippen LogP contribution in [0.3, 0.4) is 0 Å². The molecule has 0 saturated carbocycles. The molecule has 283 valence electrons. The van der Waals surface area contributed by atoms with Gasteiger partial charge in [0.1, 0.15) is 12.4 Å². The molecule has 0 aliphatic carbocycles. The number of carbonyl (C=O) groups excluding carboxylic acids is 1. The number of benzene rings is 2. The van der Waals surface area contributed by atoms with E-state index in [1.54, 1.807) is 4.90 Å². The molecule has 1 aromatic heterocycles. The SMILES string of the molecule is C=CC(=O)C(C)(C[Si])CCN(/C=C(\C)CC#N)c1nc(OCCN2CCCC(F)(F)C2)nc(CC)c1CCC(CC)Cc1cccc2cccc(Cl)c12. The third-order valence-electron chi connectivity index (χ3n) is 10.4. The van der Waals surface area contributed by atoms with E-state index in [0.717, 1.165) is 51.9 Å². The summed E-state index contributed by atoms with van der Waals surface area (Å²) in [6, 6.07) is 15.2. The lowest BCUT2D eigenvalue weighted by atomic mass is 9.84. The van der Waals surface area contributed by atoms with Gasteiger partial charge in [0, 0.05) is 57.3 Å². The predicted molar refractivity (Wildman–Crippen MR) is 212 cm³/mol. The molecule has 11 heteroatoms. The maximum Gasteiger partial charge on any atom is 0.318 e. The van der Waals surface area contributed by atoms with Crippen LogP contribution in [-0.2, 0) is 24.1 Å². The number of piperidine rings is 1. The number of nitrogens with zero attached hydrogens (tertiary/aromatic N) is 5. The number of anilines is 1. The van der Waals surface area contributed by atoms with Crippen LogP contribution in [0.5, 0.6) is 6.01 Å². The fourth-order valence-electron chi connectivity index (χ4n) is 7.08. The summed E-state index contributed by atoms with van der Waals surface area (Å²) in [7, 11) is 3.61. The molecule has 7 nitrogen and oxygen atoms in total. The first-order chi connectivity index (χ1) is 25.4. The lowest BCUT2D eigenvalue weighted by Crippen LogP contribution is -2.44. The Kier molecular flexibility index (Phi) is 15.6. The molecule has 2 heterocycles. The molecule has 1 aliphatic heterocycles. The zero-order valence-electron chi connectivity index (χ0n) is 31.7. The number of likely N-dealkylation sites (tertiary alicyclic amines) is 1. The molecule has 3 radical (unpaired) electrons. The van der Waals surface area contributed by atoms with Crippen LogP contribution in [0.4, 0.5) is 14.6 Å². The number of hydrogen-bond acceptors (Lipinski definition) is 7. The second-order valence-corrected chi connectivity index (χ2v) is 15.3. The first-order valence-electron chi connectivity index (χ1n) is 18.8. The highest BCUT2D eigenvalue weighted by Gasteiger charge is 2.35. The van der Waals surface area contributed by atoms with E-state index in [-0.39, 0.29) is 37.8 Å². The van der Waals surface area contributed by atoms with Crippen LogP contribution >= 0.6 is 11.6 Å². The molecule has 0 amide bonds. The second kappa shape index (κ2) is 19.6. The number of ketones is 1. The Morgan fingerprint density at radius 1 is 1.26 bits per heavy atom. The number of aryl methyl sites for hydroxylation is 1. The molecule has 0 bridgehead atoms. The first kappa shape index (κ1) is 42.1. The van der Waals surface area contributed by atoms with Gasteiger partial charge >= 0.3 is 6.01 Å². The summed E-state index contributed by atoms with van der Waals surface area (Å²) in [6.45, 7) is 13.1. The summed E-state index contributed by atoms with van der Waals surface area (Å²) >= 11 is 6.70. The summed E-state index contributed by atoms with van der Waals surface area (Å²) in [4.78, 5) is 26.6. The Morgan fingerprint density at radius 3 is 2.68 bits per heavy atom. The Bertz CT molecular complexity index is 1790. The summed E-state index contributed by atoms with van der Waals surface area (Å²) in [5.74, 6) is -1.74. The zero-order chi connectivity index (χ0) is 38.6. The quantitative estimate of drug-likeness (QED) is 0.0839. The standard InChI is InChI=1S/C42H53ClF2N5O2Si/c1-6-31(26-33-14-9-12-32-13-10-15-35(43)38(32)33)16-17-34-36(7-2)47-40(52-25-24-49-22-11-19-42(44,45)28-49)48-39(34)50(27-30(4)18-21-46)23-20-41(5,29-53)37(51)8-3/h8-10,12-15,27,31H,3,6-7,11,16-20,22-26,28-29H2,1-2,4-5H3/b30-27+. The molecule has 1 aliphatic rings. The molecular formula is C42H53ClF2N5O2Si. The summed E-state index contributed by atoms with van der Waals surface area (Å²) in [5, 5.41) is 12.5. The highest BCUT2D eigenvalue weighted by Crippen LogP contribution is 2.34. The number of alkyl halides is 2. The number of allylic oxidation sites excluding steroid dienone is 2. The summed E-state index contributed by atoms with van der Waals surface area (Å²) in [5.41, 5.74) is 3.19. The molecule has 0 spiro atoms. The van der Waals surface area contributed by atoms with Gasteiger partial charge in [-0.1, -0.05) is 81.7 Å². The van der Waals surface area contributed by atoms with Gasteiger partial charge < -0.3 is 9.64 Å². The second-order valence-electron chi connectivity index (χ2n) is 14.5. The Morgan fingerprint density at radius 2 is 2.02 bits per heavy atom. The maximum absolute atomic E-state index is 14.1. The van der Waals surface area contributed by atoms with Gasteiger partial charge in [-0.3, -0.25) is 9.69 Å². The third kappa shape index (κ3) is 11.4. The largest absolute Gasteiger partial charge is 0.462 e. The van der Waals surface area contributed by atoms with Gasteiger partial charge in [-0.05, 0) is 86.6 Å². The van der Waals surface area contributed by atoms with E-state index in [2.05, 4.69) is 61.0 Å². The van der Waals surface area contributed by atoms with E-state index in [4.69, 9.17) is 26.3 Å². The lowest BCUT2D eigenvalue weighted by Gasteiger charge is -2.32. The number of nitriles is 1. The number of aromatic nitrogens is 2. The van der Waals surface area contributed by atoms with Crippen LogP contribution in [0.2, 0.25) is 11.1 Å².